The van der Waals surface area contributed by atoms with Gasteiger partial charge in [0, 0.05) is 37.3 Å². The Balaban J connectivity index is 1.61. The Hall–Kier alpha value is -3.15. The second kappa shape index (κ2) is 10.2. The van der Waals surface area contributed by atoms with Gasteiger partial charge in [0.25, 0.3) is 0 Å². The maximum Gasteiger partial charge on any atom is 0.318 e. The predicted molar refractivity (Wildman–Crippen MR) is 120 cm³/mol. The van der Waals surface area contributed by atoms with Gasteiger partial charge in [0.15, 0.2) is 0 Å². The Morgan fingerprint density at radius 3 is 2.68 bits per heavy atom. The molecule has 0 spiro atoms. The van der Waals surface area contributed by atoms with E-state index < -0.39 is 5.92 Å². The third-order valence-electron chi connectivity index (χ3n) is 5.69. The maximum atomic E-state index is 13.2. The van der Waals surface area contributed by atoms with E-state index in [0.717, 1.165) is 29.9 Å². The highest BCUT2D eigenvalue weighted by atomic mass is 19.1. The molecular weight excluding hydrogens is 395 g/mol. The smallest absolute Gasteiger partial charge is 0.318 e. The van der Waals surface area contributed by atoms with Crippen LogP contribution in [0.1, 0.15) is 37.8 Å². The van der Waals surface area contributed by atoms with Crippen molar-refractivity contribution in [1.29, 1.82) is 0 Å². The number of ether oxygens (including phenoxy) is 1. The Kier molecular flexibility index (Phi) is 7.45. The van der Waals surface area contributed by atoms with Crippen LogP contribution in [-0.2, 0) is 16.0 Å². The van der Waals surface area contributed by atoms with E-state index in [9.17, 15) is 14.0 Å². The first-order valence-corrected chi connectivity index (χ1v) is 10.7. The van der Waals surface area contributed by atoms with Crippen LogP contribution in [0.2, 0.25) is 0 Å². The molecule has 5 nitrogen and oxygen atoms in total. The van der Waals surface area contributed by atoms with Crippen molar-refractivity contribution in [2.75, 3.05) is 24.5 Å². The number of anilines is 1. The third kappa shape index (κ3) is 5.51. The molecular formula is C25H29FN2O3. The molecule has 2 aromatic rings. The Morgan fingerprint density at radius 2 is 1.97 bits per heavy atom. The normalized spacial score (nSPS) is 17.9. The third-order valence-corrected chi connectivity index (χ3v) is 5.69. The summed E-state index contributed by atoms with van der Waals surface area (Å²) in [7, 11) is 0. The second-order valence-corrected chi connectivity index (χ2v) is 7.66. The number of benzene rings is 2. The summed E-state index contributed by atoms with van der Waals surface area (Å²) in [6.45, 7) is 8.27. The number of halogens is 1. The number of nitrogens with one attached hydrogen (secondary N) is 1. The Morgan fingerprint density at radius 1 is 1.19 bits per heavy atom. The van der Waals surface area contributed by atoms with Gasteiger partial charge in [-0.3, -0.25) is 9.59 Å². The molecule has 31 heavy (non-hydrogen) atoms. The van der Waals surface area contributed by atoms with Gasteiger partial charge in [0.1, 0.15) is 11.6 Å². The lowest BCUT2D eigenvalue weighted by molar-refractivity contribution is -0.139. The van der Waals surface area contributed by atoms with Gasteiger partial charge in [0.2, 0.25) is 5.91 Å². The summed E-state index contributed by atoms with van der Waals surface area (Å²) in [6, 6.07) is 12.2. The number of hydrogen-bond donors (Lipinski definition) is 1. The molecule has 3 rings (SSSR count). The van der Waals surface area contributed by atoms with Gasteiger partial charge >= 0.3 is 5.97 Å². The second-order valence-electron chi connectivity index (χ2n) is 7.66. The minimum Gasteiger partial charge on any atom is -0.426 e. The number of esters is 1. The number of nitrogens with zero attached hydrogens (tertiary/aromatic N) is 1. The molecule has 2 atom stereocenters. The number of hydrogen-bond acceptors (Lipinski definition) is 4. The summed E-state index contributed by atoms with van der Waals surface area (Å²) in [5.74, 6) is -0.983. The fourth-order valence-corrected chi connectivity index (χ4v) is 3.86. The van der Waals surface area contributed by atoms with Crippen molar-refractivity contribution in [2.45, 2.75) is 33.1 Å². The molecule has 0 fully saturated rings. The van der Waals surface area contributed by atoms with E-state index in [2.05, 4.69) is 24.1 Å². The fourth-order valence-electron chi connectivity index (χ4n) is 3.86. The van der Waals surface area contributed by atoms with E-state index in [-0.39, 0.29) is 23.6 Å². The minimum absolute atomic E-state index is 0.0988. The van der Waals surface area contributed by atoms with Crippen LogP contribution in [-0.4, -0.2) is 31.5 Å². The molecule has 2 aromatic carbocycles. The molecule has 0 radical (unpaired) electrons. The Bertz CT molecular complexity index is 969. The van der Waals surface area contributed by atoms with Crippen molar-refractivity contribution in [2.24, 2.45) is 5.92 Å². The number of rotatable bonds is 8. The van der Waals surface area contributed by atoms with Gasteiger partial charge in [-0.15, -0.1) is 0 Å². The van der Waals surface area contributed by atoms with Crippen molar-refractivity contribution >= 4 is 17.6 Å². The largest absolute Gasteiger partial charge is 0.426 e. The highest BCUT2D eigenvalue weighted by Gasteiger charge is 2.33. The fraction of sp³-hybridized carbons (Fsp3) is 0.360. The molecule has 1 N–H and O–H groups in total. The number of fused-ring (bicyclic) bond motifs is 1. The number of carbonyl (C=O) groups excluding carboxylic acids is 2. The summed E-state index contributed by atoms with van der Waals surface area (Å²) in [5, 5.41) is 2.77. The van der Waals surface area contributed by atoms with E-state index in [0.29, 0.717) is 18.7 Å². The summed E-state index contributed by atoms with van der Waals surface area (Å²) in [5.41, 5.74) is 2.79. The molecule has 0 saturated carbocycles. The molecule has 2 unspecified atom stereocenters. The highest BCUT2D eigenvalue weighted by Crippen LogP contribution is 2.40. The van der Waals surface area contributed by atoms with Crippen LogP contribution in [0.4, 0.5) is 10.1 Å². The molecule has 164 valence electrons. The first kappa shape index (κ1) is 22.5. The van der Waals surface area contributed by atoms with Gasteiger partial charge in [-0.25, -0.2) is 4.39 Å². The molecule has 6 heteroatoms. The molecule has 1 aliphatic heterocycles. The van der Waals surface area contributed by atoms with Crippen LogP contribution < -0.4 is 15.0 Å². The zero-order valence-corrected chi connectivity index (χ0v) is 18.2. The maximum absolute atomic E-state index is 13.2. The first-order valence-electron chi connectivity index (χ1n) is 10.7. The highest BCUT2D eigenvalue weighted by molar-refractivity contribution is 5.89. The number of amides is 1. The first-order chi connectivity index (χ1) is 14.9. The van der Waals surface area contributed by atoms with E-state index in [1.165, 1.54) is 18.2 Å². The van der Waals surface area contributed by atoms with E-state index in [1.807, 2.05) is 31.2 Å². The van der Waals surface area contributed by atoms with Crippen molar-refractivity contribution in [3.63, 3.8) is 0 Å². The SMILES string of the molecule is CCN(CC)c1ccc2c(c1)OC(=O)C(C=CC(=O)NCCc1cccc(F)c1)C2C. The lowest BCUT2D eigenvalue weighted by Crippen LogP contribution is -2.30. The van der Waals surface area contributed by atoms with Crippen molar-refractivity contribution < 1.29 is 18.7 Å². The van der Waals surface area contributed by atoms with Crippen LogP contribution >= 0.6 is 0 Å². The van der Waals surface area contributed by atoms with Crippen LogP contribution in [0.15, 0.2) is 54.6 Å². The van der Waals surface area contributed by atoms with Crippen LogP contribution in [0.3, 0.4) is 0 Å². The van der Waals surface area contributed by atoms with Crippen molar-refractivity contribution in [3.05, 3.63) is 71.6 Å². The summed E-state index contributed by atoms with van der Waals surface area (Å²) < 4.78 is 18.8. The van der Waals surface area contributed by atoms with Gasteiger partial charge in [0.05, 0.1) is 5.92 Å². The van der Waals surface area contributed by atoms with Gasteiger partial charge in [-0.1, -0.05) is 31.2 Å². The average Bonchev–Trinajstić information content (AvgIpc) is 2.74. The van der Waals surface area contributed by atoms with Crippen molar-refractivity contribution in [3.8, 4) is 5.75 Å². The Labute approximate surface area is 182 Å². The summed E-state index contributed by atoms with van der Waals surface area (Å²) in [4.78, 5) is 26.9. The standard InChI is InChI=1S/C25H29FN2O3/c1-4-28(5-2)20-9-10-21-17(3)22(25(30)31-23(21)16-20)11-12-24(29)27-14-13-18-7-6-8-19(26)15-18/h6-12,15-17,22H,4-5,13-14H2,1-3H3,(H,27,29). The minimum atomic E-state index is -0.527. The average molecular weight is 425 g/mol. The molecule has 1 aliphatic rings. The lowest BCUT2D eigenvalue weighted by Gasteiger charge is -2.29. The van der Waals surface area contributed by atoms with Crippen molar-refractivity contribution in [1.82, 2.24) is 5.32 Å². The zero-order chi connectivity index (χ0) is 22.4. The molecule has 0 aliphatic carbocycles. The predicted octanol–water partition coefficient (Wildman–Crippen LogP) is 4.23. The summed E-state index contributed by atoms with van der Waals surface area (Å²) >= 11 is 0. The molecule has 1 heterocycles. The summed E-state index contributed by atoms with van der Waals surface area (Å²) in [6.07, 6.45) is 3.51. The molecule has 1 amide bonds. The lowest BCUT2D eigenvalue weighted by atomic mass is 9.84. The van der Waals surface area contributed by atoms with Crippen LogP contribution in [0.25, 0.3) is 0 Å². The molecule has 0 aromatic heterocycles. The van der Waals surface area contributed by atoms with Gasteiger partial charge in [-0.2, -0.15) is 0 Å². The molecule has 0 saturated heterocycles. The quantitative estimate of drug-likeness (QED) is 0.392. The monoisotopic (exact) mass is 424 g/mol. The van der Waals surface area contributed by atoms with E-state index in [1.54, 1.807) is 12.1 Å². The van der Waals surface area contributed by atoms with E-state index in [4.69, 9.17) is 4.74 Å². The zero-order valence-electron chi connectivity index (χ0n) is 18.2. The number of carbonyl (C=O) groups is 2. The topological polar surface area (TPSA) is 58.6 Å². The van der Waals surface area contributed by atoms with E-state index >= 15 is 0 Å². The van der Waals surface area contributed by atoms with Crippen LogP contribution in [0, 0.1) is 11.7 Å². The van der Waals surface area contributed by atoms with Crippen LogP contribution in [0.5, 0.6) is 5.75 Å². The molecule has 0 bridgehead atoms. The van der Waals surface area contributed by atoms with Gasteiger partial charge < -0.3 is 15.0 Å². The van der Waals surface area contributed by atoms with Gasteiger partial charge in [-0.05, 0) is 55.7 Å².